The van der Waals surface area contributed by atoms with Gasteiger partial charge in [-0.3, -0.25) is 24.5 Å². The number of nitrogens with one attached hydrogen (secondary N) is 2. The Kier molecular flexibility index (Phi) is 12.8. The molecule has 1 aliphatic carbocycles. The first-order valence-electron chi connectivity index (χ1n) is 17.3. The summed E-state index contributed by atoms with van der Waals surface area (Å²) in [5, 5.41) is 5.18. The smallest absolute Gasteiger partial charge is 0.414 e. The standard InChI is InChI=1S/C35H55N3O9S/c1-22(2)13-14-26-34(6,47-26)30-29(44-7)24(15-16-35(30)21-45-35)46-32(43)37-27(40)20-48-19-17-36-31(42)23-10-9-18-38(23)28(41)12-8-11-25(39)33(3,4)5/h13,23-24,26,29-30H,8-12,14-21H2,1-7H3,(H,36,42)(H,37,40,43)/t23?,24-,26-,29-,30-,34?,35+/m1/s1. The molecule has 4 aliphatic rings. The van der Waals surface area contributed by atoms with Crippen molar-refractivity contribution in [3.63, 3.8) is 0 Å². The van der Waals surface area contributed by atoms with E-state index in [-0.39, 0.29) is 47.4 Å². The van der Waals surface area contributed by atoms with Gasteiger partial charge in [-0.05, 0) is 59.3 Å². The highest BCUT2D eigenvalue weighted by atomic mass is 32.2. The number of imide groups is 1. The summed E-state index contributed by atoms with van der Waals surface area (Å²) >= 11 is 1.28. The highest BCUT2D eigenvalue weighted by Gasteiger charge is 2.72. The third-order valence-corrected chi connectivity index (χ3v) is 11.0. The van der Waals surface area contributed by atoms with Crippen molar-refractivity contribution in [1.82, 2.24) is 15.5 Å². The number of ketones is 1. The number of hydrogen-bond acceptors (Lipinski definition) is 10. The van der Waals surface area contributed by atoms with Gasteiger partial charge in [0.05, 0.1) is 24.4 Å². The van der Waals surface area contributed by atoms with Crippen LogP contribution < -0.4 is 10.6 Å². The first-order chi connectivity index (χ1) is 22.6. The molecule has 4 rings (SSSR count). The number of likely N-dealkylation sites (tertiary alicyclic amines) is 1. The number of rotatable bonds is 15. The Morgan fingerprint density at radius 3 is 2.48 bits per heavy atom. The number of carbonyl (C=O) groups is 5. The third-order valence-electron chi connectivity index (χ3n) is 10.0. The molecule has 7 atom stereocenters. The van der Waals surface area contributed by atoms with Crippen molar-refractivity contribution < 1.29 is 42.9 Å². The van der Waals surface area contributed by atoms with E-state index in [1.54, 1.807) is 12.0 Å². The van der Waals surface area contributed by atoms with E-state index in [9.17, 15) is 24.0 Å². The van der Waals surface area contributed by atoms with Crippen LogP contribution in [0, 0.1) is 11.3 Å². The van der Waals surface area contributed by atoms with E-state index < -0.39 is 41.3 Å². The fourth-order valence-corrected chi connectivity index (χ4v) is 7.82. The summed E-state index contributed by atoms with van der Waals surface area (Å²) in [7, 11) is 1.60. The minimum atomic E-state index is -0.816. The Morgan fingerprint density at radius 2 is 1.83 bits per heavy atom. The van der Waals surface area contributed by atoms with Crippen LogP contribution in [0.15, 0.2) is 11.6 Å². The molecule has 3 aliphatic heterocycles. The average molecular weight is 694 g/mol. The fourth-order valence-electron chi connectivity index (χ4n) is 7.17. The molecular formula is C35H55N3O9S. The van der Waals surface area contributed by atoms with Crippen LogP contribution in [0.25, 0.3) is 0 Å². The zero-order valence-corrected chi connectivity index (χ0v) is 30.5. The molecule has 2 N–H and O–H groups in total. The molecule has 4 fully saturated rings. The number of epoxide rings is 2. The molecule has 0 aromatic rings. The summed E-state index contributed by atoms with van der Waals surface area (Å²) in [5.41, 5.74) is 0.00359. The van der Waals surface area contributed by atoms with Crippen molar-refractivity contribution in [3.05, 3.63) is 11.6 Å². The van der Waals surface area contributed by atoms with E-state index in [1.165, 1.54) is 17.3 Å². The van der Waals surface area contributed by atoms with Crippen LogP contribution in [0.1, 0.15) is 92.9 Å². The Bertz CT molecular complexity index is 1240. The van der Waals surface area contributed by atoms with Crippen molar-refractivity contribution in [1.29, 1.82) is 0 Å². The van der Waals surface area contributed by atoms with Crippen LogP contribution in [0.4, 0.5) is 4.79 Å². The second-order valence-corrected chi connectivity index (χ2v) is 16.1. The number of ether oxygens (including phenoxy) is 4. The number of nitrogens with zero attached hydrogens (tertiary/aromatic N) is 1. The number of amides is 4. The SMILES string of the molecule is CO[C@H]1[C@H](C2(C)O[C@@H]2CC=C(C)C)[C@]2(CC[C@H]1OC(=O)NC(=O)CSCCNC(=O)C1CCCN1C(=O)CCCC(=O)C(C)(C)C)CO2. The largest absolute Gasteiger partial charge is 0.443 e. The van der Waals surface area contributed by atoms with Gasteiger partial charge in [-0.1, -0.05) is 32.4 Å². The van der Waals surface area contributed by atoms with Crippen LogP contribution in [-0.4, -0.2) is 108 Å². The maximum Gasteiger partial charge on any atom is 0.414 e. The van der Waals surface area contributed by atoms with E-state index in [1.807, 2.05) is 20.8 Å². The second-order valence-electron chi connectivity index (χ2n) is 15.0. The van der Waals surface area contributed by atoms with Gasteiger partial charge in [0.1, 0.15) is 35.2 Å². The molecular weight excluding hydrogens is 638 g/mol. The van der Waals surface area contributed by atoms with Gasteiger partial charge in [0.2, 0.25) is 17.7 Å². The Hall–Kier alpha value is -2.48. The van der Waals surface area contributed by atoms with E-state index in [4.69, 9.17) is 18.9 Å². The van der Waals surface area contributed by atoms with Crippen molar-refractivity contribution >= 4 is 41.4 Å². The first kappa shape index (κ1) is 38.3. The summed E-state index contributed by atoms with van der Waals surface area (Å²) in [6, 6.07) is -0.520. The van der Waals surface area contributed by atoms with Gasteiger partial charge in [0, 0.05) is 44.2 Å². The summed E-state index contributed by atoms with van der Waals surface area (Å²) in [4.78, 5) is 64.6. The Morgan fingerprint density at radius 1 is 1.10 bits per heavy atom. The van der Waals surface area contributed by atoms with E-state index in [0.717, 1.165) is 12.8 Å². The van der Waals surface area contributed by atoms with Crippen molar-refractivity contribution in [3.8, 4) is 0 Å². The van der Waals surface area contributed by atoms with Crippen LogP contribution in [0.2, 0.25) is 0 Å². The van der Waals surface area contributed by atoms with Gasteiger partial charge in [-0.25, -0.2) is 4.79 Å². The lowest BCUT2D eigenvalue weighted by atomic mass is 9.68. The van der Waals surface area contributed by atoms with E-state index >= 15 is 0 Å². The minimum absolute atomic E-state index is 0.0161. The molecule has 4 amide bonds. The third kappa shape index (κ3) is 9.60. The molecule has 270 valence electrons. The van der Waals surface area contributed by atoms with Crippen molar-refractivity contribution in [2.45, 2.75) is 128 Å². The van der Waals surface area contributed by atoms with Crippen LogP contribution in [-0.2, 0) is 38.1 Å². The Labute approximate surface area is 289 Å². The normalized spacial score (nSPS) is 30.8. The maximum absolute atomic E-state index is 12.8. The molecule has 3 saturated heterocycles. The number of carbonyl (C=O) groups excluding carboxylic acids is 5. The summed E-state index contributed by atoms with van der Waals surface area (Å²) in [6.45, 7) is 13.3. The van der Waals surface area contributed by atoms with Crippen molar-refractivity contribution in [2.75, 3.05) is 38.3 Å². The van der Waals surface area contributed by atoms with Gasteiger partial charge < -0.3 is 29.2 Å². The summed E-state index contributed by atoms with van der Waals surface area (Å²) < 4.78 is 23.8. The number of thioether (sulfide) groups is 1. The van der Waals surface area contributed by atoms with Gasteiger partial charge in [-0.15, -0.1) is 0 Å². The number of methoxy groups -OCH3 is 1. The molecule has 2 unspecified atom stereocenters. The predicted molar refractivity (Wildman–Crippen MR) is 181 cm³/mol. The zero-order chi connectivity index (χ0) is 35.3. The van der Waals surface area contributed by atoms with Gasteiger partial charge in [0.25, 0.3) is 0 Å². The lowest BCUT2D eigenvalue weighted by molar-refractivity contribution is -0.138. The van der Waals surface area contributed by atoms with Crippen LogP contribution in [0.5, 0.6) is 0 Å². The lowest BCUT2D eigenvalue weighted by Crippen LogP contribution is -2.56. The fraction of sp³-hybridized carbons (Fsp3) is 0.800. The van der Waals surface area contributed by atoms with E-state index in [0.29, 0.717) is 57.6 Å². The monoisotopic (exact) mass is 693 g/mol. The minimum Gasteiger partial charge on any atom is -0.443 e. The molecule has 48 heavy (non-hydrogen) atoms. The molecule has 1 spiro atoms. The topological polar surface area (TPSA) is 156 Å². The van der Waals surface area contributed by atoms with Gasteiger partial charge in [-0.2, -0.15) is 11.8 Å². The number of alkyl carbamates (subject to hydrolysis) is 1. The molecule has 0 aromatic carbocycles. The second kappa shape index (κ2) is 16.0. The highest BCUT2D eigenvalue weighted by molar-refractivity contribution is 7.99. The quantitative estimate of drug-likeness (QED) is 0.146. The summed E-state index contributed by atoms with van der Waals surface area (Å²) in [5.74, 6) is -0.335. The maximum atomic E-state index is 12.8. The van der Waals surface area contributed by atoms with Crippen molar-refractivity contribution in [2.24, 2.45) is 11.3 Å². The summed E-state index contributed by atoms with van der Waals surface area (Å²) in [6.07, 6.45) is 4.86. The number of Topliss-reactive ketones (excluding diaryl/α,β-unsaturated/α-hetero) is 1. The molecule has 1 saturated carbocycles. The highest BCUT2D eigenvalue weighted by Crippen LogP contribution is 2.59. The number of allylic oxidation sites excluding steroid dienone is 1. The first-order valence-corrected chi connectivity index (χ1v) is 18.4. The van der Waals surface area contributed by atoms with E-state index in [2.05, 4.69) is 37.5 Å². The van der Waals surface area contributed by atoms with Gasteiger partial charge in [0.15, 0.2) is 0 Å². The molecule has 0 radical (unpaired) electrons. The molecule has 3 heterocycles. The molecule has 13 heteroatoms. The molecule has 0 bridgehead atoms. The zero-order valence-electron chi connectivity index (χ0n) is 29.7. The molecule has 0 aromatic heterocycles. The predicted octanol–water partition coefficient (Wildman–Crippen LogP) is 3.94. The molecule has 12 nitrogen and oxygen atoms in total. The number of hydrogen-bond donors (Lipinski definition) is 2. The van der Waals surface area contributed by atoms with Gasteiger partial charge >= 0.3 is 6.09 Å². The van der Waals surface area contributed by atoms with Crippen LogP contribution in [0.3, 0.4) is 0 Å². The average Bonchev–Trinajstić information content (AvgIpc) is 3.86. The Balaban J connectivity index is 1.15. The van der Waals surface area contributed by atoms with Crippen LogP contribution >= 0.6 is 11.8 Å². The lowest BCUT2D eigenvalue weighted by Gasteiger charge is -2.42.